The van der Waals surface area contributed by atoms with Gasteiger partial charge in [-0.1, -0.05) is 13.8 Å². The Hall–Kier alpha value is -1.29. The summed E-state index contributed by atoms with van der Waals surface area (Å²) in [5.41, 5.74) is 0.551. The molecule has 0 aliphatic rings. The molecule has 0 saturated carbocycles. The number of halogens is 1. The Kier molecular flexibility index (Phi) is 4.34. The highest BCUT2D eigenvalue weighted by atomic mass is 19.1. The van der Waals surface area contributed by atoms with Gasteiger partial charge in [-0.3, -0.25) is 0 Å². The molecule has 0 amide bonds. The van der Waals surface area contributed by atoms with Crippen LogP contribution in [-0.4, -0.2) is 32.4 Å². The van der Waals surface area contributed by atoms with Gasteiger partial charge in [0.25, 0.3) is 0 Å². The maximum atomic E-state index is 13.5. The predicted octanol–water partition coefficient (Wildman–Crippen LogP) is 2.29. The van der Waals surface area contributed by atoms with E-state index in [4.69, 9.17) is 4.74 Å². The molecule has 0 unspecified atom stereocenters. The number of methoxy groups -OCH3 is 1. The van der Waals surface area contributed by atoms with Crippen molar-refractivity contribution in [2.75, 3.05) is 32.2 Å². The molecule has 0 aliphatic carbocycles. The number of hydrogen-bond acceptors (Lipinski definition) is 3. The van der Waals surface area contributed by atoms with Crippen molar-refractivity contribution < 1.29 is 14.2 Å². The molecule has 3 nitrogen and oxygen atoms in total. The number of anilines is 1. The summed E-state index contributed by atoms with van der Waals surface area (Å²) in [6.45, 7) is 4.66. The van der Waals surface area contributed by atoms with Crippen LogP contribution >= 0.6 is 0 Å². The fourth-order valence-electron chi connectivity index (χ4n) is 1.68. The van der Waals surface area contributed by atoms with E-state index in [9.17, 15) is 9.50 Å². The number of rotatable bonds is 5. The molecule has 0 saturated heterocycles. The van der Waals surface area contributed by atoms with Crippen molar-refractivity contribution >= 4 is 5.69 Å². The van der Waals surface area contributed by atoms with Gasteiger partial charge in [0.15, 0.2) is 11.6 Å². The van der Waals surface area contributed by atoms with Gasteiger partial charge in [-0.05, 0) is 12.1 Å². The normalized spacial score (nSPS) is 11.4. The Bertz CT molecular complexity index is 380. The van der Waals surface area contributed by atoms with Gasteiger partial charge in [-0.2, -0.15) is 0 Å². The standard InChI is InChI=1S/C13H20FNO2/c1-13(2,9-16)8-15(3)10-5-6-12(17-4)11(14)7-10/h5-7,16H,8-9H2,1-4H3. The first kappa shape index (κ1) is 13.8. The SMILES string of the molecule is COc1ccc(N(C)CC(C)(C)CO)cc1F. The van der Waals surface area contributed by atoms with E-state index < -0.39 is 0 Å². The molecule has 1 aromatic rings. The lowest BCUT2D eigenvalue weighted by molar-refractivity contribution is 0.165. The molecule has 96 valence electrons. The zero-order valence-corrected chi connectivity index (χ0v) is 10.8. The number of aliphatic hydroxyl groups excluding tert-OH is 1. The van der Waals surface area contributed by atoms with E-state index in [1.165, 1.54) is 13.2 Å². The second-order valence-corrected chi connectivity index (χ2v) is 5.00. The molecule has 0 atom stereocenters. The van der Waals surface area contributed by atoms with E-state index in [-0.39, 0.29) is 23.6 Å². The molecule has 0 fully saturated rings. The van der Waals surface area contributed by atoms with E-state index >= 15 is 0 Å². The van der Waals surface area contributed by atoms with Crippen LogP contribution in [0.15, 0.2) is 18.2 Å². The average molecular weight is 241 g/mol. The summed E-state index contributed by atoms with van der Waals surface area (Å²) < 4.78 is 18.4. The van der Waals surface area contributed by atoms with Gasteiger partial charge in [0.1, 0.15) is 0 Å². The average Bonchev–Trinajstić information content (AvgIpc) is 2.28. The molecule has 0 heterocycles. The van der Waals surface area contributed by atoms with Crippen LogP contribution in [0.3, 0.4) is 0 Å². The molecule has 1 rings (SSSR count). The van der Waals surface area contributed by atoms with Crippen LogP contribution in [0.1, 0.15) is 13.8 Å². The van der Waals surface area contributed by atoms with Gasteiger partial charge in [-0.25, -0.2) is 4.39 Å². The minimum absolute atomic E-state index is 0.0932. The predicted molar refractivity (Wildman–Crippen MR) is 67.1 cm³/mol. The van der Waals surface area contributed by atoms with E-state index in [0.717, 1.165) is 5.69 Å². The van der Waals surface area contributed by atoms with Crippen molar-refractivity contribution in [1.82, 2.24) is 0 Å². The Morgan fingerprint density at radius 3 is 2.53 bits per heavy atom. The zero-order chi connectivity index (χ0) is 13.1. The highest BCUT2D eigenvalue weighted by Gasteiger charge is 2.19. The van der Waals surface area contributed by atoms with Gasteiger partial charge < -0.3 is 14.7 Å². The van der Waals surface area contributed by atoms with Crippen LogP contribution in [0.2, 0.25) is 0 Å². The fourth-order valence-corrected chi connectivity index (χ4v) is 1.68. The van der Waals surface area contributed by atoms with Gasteiger partial charge in [-0.15, -0.1) is 0 Å². The number of benzene rings is 1. The maximum Gasteiger partial charge on any atom is 0.167 e. The van der Waals surface area contributed by atoms with E-state index in [1.807, 2.05) is 25.8 Å². The number of aliphatic hydroxyl groups is 1. The third-order valence-electron chi connectivity index (χ3n) is 2.67. The fraction of sp³-hybridized carbons (Fsp3) is 0.538. The summed E-state index contributed by atoms with van der Waals surface area (Å²) in [4.78, 5) is 1.92. The smallest absolute Gasteiger partial charge is 0.167 e. The minimum Gasteiger partial charge on any atom is -0.494 e. The van der Waals surface area contributed by atoms with Crippen LogP contribution in [0.5, 0.6) is 5.75 Å². The Morgan fingerprint density at radius 1 is 1.41 bits per heavy atom. The van der Waals surface area contributed by atoms with E-state index in [1.54, 1.807) is 12.1 Å². The van der Waals surface area contributed by atoms with Crippen LogP contribution in [0.4, 0.5) is 10.1 Å². The molecular weight excluding hydrogens is 221 g/mol. The third kappa shape index (κ3) is 3.60. The number of hydrogen-bond donors (Lipinski definition) is 1. The van der Waals surface area contributed by atoms with Gasteiger partial charge in [0.2, 0.25) is 0 Å². The zero-order valence-electron chi connectivity index (χ0n) is 10.8. The van der Waals surface area contributed by atoms with Gasteiger partial charge in [0, 0.05) is 37.4 Å². The summed E-state index contributed by atoms with van der Waals surface area (Å²) in [7, 11) is 3.31. The molecule has 1 N–H and O–H groups in total. The van der Waals surface area contributed by atoms with Crippen molar-refractivity contribution in [3.8, 4) is 5.75 Å². The van der Waals surface area contributed by atoms with Crippen LogP contribution in [0, 0.1) is 11.2 Å². The molecule has 4 heteroatoms. The highest BCUT2D eigenvalue weighted by Crippen LogP contribution is 2.25. The van der Waals surface area contributed by atoms with Gasteiger partial charge >= 0.3 is 0 Å². The van der Waals surface area contributed by atoms with Crippen molar-refractivity contribution in [1.29, 1.82) is 0 Å². The lowest BCUT2D eigenvalue weighted by Gasteiger charge is -2.30. The summed E-state index contributed by atoms with van der Waals surface area (Å²) in [5, 5.41) is 9.21. The number of nitrogens with zero attached hydrogens (tertiary/aromatic N) is 1. The van der Waals surface area contributed by atoms with Crippen molar-refractivity contribution in [3.63, 3.8) is 0 Å². The van der Waals surface area contributed by atoms with Crippen LogP contribution in [-0.2, 0) is 0 Å². The second-order valence-electron chi connectivity index (χ2n) is 5.00. The Labute approximate surface area is 102 Å². The molecule has 0 bridgehead atoms. The Balaban J connectivity index is 2.83. The van der Waals surface area contributed by atoms with Crippen molar-refractivity contribution in [2.45, 2.75) is 13.8 Å². The largest absolute Gasteiger partial charge is 0.494 e. The molecule has 0 aliphatic heterocycles. The van der Waals surface area contributed by atoms with Crippen molar-refractivity contribution in [2.24, 2.45) is 5.41 Å². The summed E-state index contributed by atoms with van der Waals surface area (Å²) >= 11 is 0. The van der Waals surface area contributed by atoms with E-state index in [0.29, 0.717) is 6.54 Å². The molecule has 0 aromatic heterocycles. The topological polar surface area (TPSA) is 32.7 Å². The molecular formula is C13H20FNO2. The second kappa shape index (κ2) is 5.36. The summed E-state index contributed by atoms with van der Waals surface area (Å²) in [5.74, 6) is -0.137. The summed E-state index contributed by atoms with van der Waals surface area (Å²) in [6, 6.07) is 4.84. The quantitative estimate of drug-likeness (QED) is 0.858. The van der Waals surface area contributed by atoms with Gasteiger partial charge in [0.05, 0.1) is 7.11 Å². The maximum absolute atomic E-state index is 13.5. The summed E-state index contributed by atoms with van der Waals surface area (Å²) in [6.07, 6.45) is 0. The lowest BCUT2D eigenvalue weighted by Crippen LogP contribution is -2.33. The molecule has 1 aromatic carbocycles. The Morgan fingerprint density at radius 2 is 2.06 bits per heavy atom. The molecule has 0 radical (unpaired) electrons. The van der Waals surface area contributed by atoms with Crippen molar-refractivity contribution in [3.05, 3.63) is 24.0 Å². The molecule has 17 heavy (non-hydrogen) atoms. The first-order chi connectivity index (χ1) is 7.89. The monoisotopic (exact) mass is 241 g/mol. The van der Waals surface area contributed by atoms with E-state index in [2.05, 4.69) is 0 Å². The van der Waals surface area contributed by atoms with Crippen LogP contribution < -0.4 is 9.64 Å². The first-order valence-electron chi connectivity index (χ1n) is 5.55. The lowest BCUT2D eigenvalue weighted by atomic mass is 9.94. The van der Waals surface area contributed by atoms with Crippen LogP contribution in [0.25, 0.3) is 0 Å². The minimum atomic E-state index is -0.376. The third-order valence-corrected chi connectivity index (χ3v) is 2.67. The highest BCUT2D eigenvalue weighted by molar-refractivity contribution is 5.49. The number of ether oxygens (including phenoxy) is 1. The molecule has 0 spiro atoms. The first-order valence-corrected chi connectivity index (χ1v) is 5.55.